The van der Waals surface area contributed by atoms with Crippen LogP contribution in [0.3, 0.4) is 0 Å². The highest BCUT2D eigenvalue weighted by atomic mass is 35.5. The Morgan fingerprint density at radius 2 is 2.07 bits per heavy atom. The molecular formula is C21H19ClN4O3. The smallest absolute Gasteiger partial charge is 0.261 e. The van der Waals surface area contributed by atoms with Crippen molar-refractivity contribution in [3.63, 3.8) is 0 Å². The lowest BCUT2D eigenvalue weighted by molar-refractivity contribution is -0.117. The lowest BCUT2D eigenvalue weighted by Gasteiger charge is -2.18. The molecule has 1 saturated heterocycles. The number of aromatic nitrogens is 2. The highest BCUT2D eigenvalue weighted by molar-refractivity contribution is 6.34. The van der Waals surface area contributed by atoms with Gasteiger partial charge in [0.25, 0.3) is 5.56 Å². The van der Waals surface area contributed by atoms with Crippen LogP contribution in [0.15, 0.2) is 47.5 Å². The van der Waals surface area contributed by atoms with E-state index in [1.165, 1.54) is 10.9 Å². The zero-order chi connectivity index (χ0) is 20.5. The van der Waals surface area contributed by atoms with Gasteiger partial charge in [-0.05, 0) is 43.2 Å². The minimum absolute atomic E-state index is 0.0436. The van der Waals surface area contributed by atoms with Gasteiger partial charge in [-0.25, -0.2) is 4.98 Å². The van der Waals surface area contributed by atoms with E-state index < -0.39 is 0 Å². The van der Waals surface area contributed by atoms with Crippen LogP contribution in [-0.4, -0.2) is 27.9 Å². The van der Waals surface area contributed by atoms with E-state index in [-0.39, 0.29) is 23.9 Å². The Hall–Kier alpha value is -3.19. The van der Waals surface area contributed by atoms with Crippen molar-refractivity contribution in [1.29, 1.82) is 0 Å². The van der Waals surface area contributed by atoms with Crippen LogP contribution in [0, 0.1) is 6.92 Å². The maximum Gasteiger partial charge on any atom is 0.261 e. The molecule has 0 aliphatic carbocycles. The first kappa shape index (κ1) is 19.1. The highest BCUT2D eigenvalue weighted by Gasteiger charge is 2.23. The first-order valence-corrected chi connectivity index (χ1v) is 9.66. The van der Waals surface area contributed by atoms with Crippen LogP contribution in [0.5, 0.6) is 0 Å². The van der Waals surface area contributed by atoms with Crippen LogP contribution in [0.2, 0.25) is 5.02 Å². The number of nitrogens with zero attached hydrogens (tertiary/aromatic N) is 3. The number of carbonyl (C=O) groups is 2. The number of halogens is 1. The fourth-order valence-corrected chi connectivity index (χ4v) is 3.79. The van der Waals surface area contributed by atoms with Gasteiger partial charge in [-0.15, -0.1) is 0 Å². The zero-order valence-electron chi connectivity index (χ0n) is 15.8. The largest absolute Gasteiger partial charge is 0.324 e. The Kier molecular flexibility index (Phi) is 5.07. The van der Waals surface area contributed by atoms with Crippen molar-refractivity contribution >= 4 is 45.7 Å². The fraction of sp³-hybridized carbons (Fsp3) is 0.238. The molecule has 2 heterocycles. The van der Waals surface area contributed by atoms with E-state index in [4.69, 9.17) is 11.6 Å². The van der Waals surface area contributed by atoms with Crippen molar-refractivity contribution < 1.29 is 9.59 Å². The van der Waals surface area contributed by atoms with E-state index in [0.717, 1.165) is 12.0 Å². The van der Waals surface area contributed by atoms with Crippen molar-refractivity contribution in [2.24, 2.45) is 0 Å². The lowest BCUT2D eigenvalue weighted by atomic mass is 10.1. The third-order valence-corrected chi connectivity index (χ3v) is 5.27. The average molecular weight is 411 g/mol. The summed E-state index contributed by atoms with van der Waals surface area (Å²) >= 11 is 6.31. The van der Waals surface area contributed by atoms with E-state index in [2.05, 4.69) is 10.3 Å². The summed E-state index contributed by atoms with van der Waals surface area (Å²) in [4.78, 5) is 42.9. The van der Waals surface area contributed by atoms with Crippen LogP contribution < -0.4 is 15.8 Å². The number of hydrogen-bond acceptors (Lipinski definition) is 4. The summed E-state index contributed by atoms with van der Waals surface area (Å²) in [7, 11) is 0. The Balaban J connectivity index is 1.51. The van der Waals surface area contributed by atoms with Crippen LogP contribution in [0.25, 0.3) is 10.9 Å². The predicted octanol–water partition coefficient (Wildman–Crippen LogP) is 3.12. The second-order valence-corrected chi connectivity index (χ2v) is 7.42. The van der Waals surface area contributed by atoms with Gasteiger partial charge in [-0.1, -0.05) is 23.7 Å². The summed E-state index contributed by atoms with van der Waals surface area (Å²) in [5, 5.41) is 3.59. The van der Waals surface area contributed by atoms with Crippen molar-refractivity contribution in [2.45, 2.75) is 26.3 Å². The SMILES string of the molecule is Cc1cccc2c(=O)n(CC(=O)Nc3ccc(N4CCCC4=O)c(Cl)c3)cnc12. The molecule has 1 N–H and O–H groups in total. The molecule has 3 aromatic rings. The summed E-state index contributed by atoms with van der Waals surface area (Å²) in [6.45, 7) is 2.36. The molecule has 2 amide bonds. The minimum Gasteiger partial charge on any atom is -0.324 e. The minimum atomic E-state index is -0.373. The monoisotopic (exact) mass is 410 g/mol. The zero-order valence-corrected chi connectivity index (χ0v) is 16.6. The number of aryl methyl sites for hydroxylation is 1. The molecular weight excluding hydrogens is 392 g/mol. The van der Waals surface area contributed by atoms with Gasteiger partial charge in [-0.3, -0.25) is 19.0 Å². The standard InChI is InChI=1S/C21H19ClN4O3/c1-13-4-2-5-15-20(13)23-12-25(21(15)29)11-18(27)24-14-7-8-17(16(22)10-14)26-9-3-6-19(26)28/h2,4-5,7-8,10,12H,3,6,9,11H2,1H3,(H,24,27). The Morgan fingerprint density at radius 1 is 1.24 bits per heavy atom. The lowest BCUT2D eigenvalue weighted by Crippen LogP contribution is -2.28. The van der Waals surface area contributed by atoms with Crippen molar-refractivity contribution in [3.05, 3.63) is 63.7 Å². The van der Waals surface area contributed by atoms with Gasteiger partial charge in [0.05, 0.1) is 27.9 Å². The third-order valence-electron chi connectivity index (χ3n) is 4.96. The third kappa shape index (κ3) is 3.73. The fourth-order valence-electron chi connectivity index (χ4n) is 3.51. The topological polar surface area (TPSA) is 84.3 Å². The van der Waals surface area contributed by atoms with Gasteiger partial charge >= 0.3 is 0 Å². The van der Waals surface area contributed by atoms with Crippen LogP contribution >= 0.6 is 11.6 Å². The predicted molar refractivity (Wildman–Crippen MR) is 112 cm³/mol. The molecule has 0 spiro atoms. The molecule has 0 atom stereocenters. The second kappa shape index (κ2) is 7.67. The first-order chi connectivity index (χ1) is 13.9. The Bertz CT molecular complexity index is 1190. The van der Waals surface area contributed by atoms with E-state index in [1.54, 1.807) is 35.2 Å². The van der Waals surface area contributed by atoms with Crippen molar-refractivity contribution in [2.75, 3.05) is 16.8 Å². The molecule has 1 aliphatic heterocycles. The number of nitrogens with one attached hydrogen (secondary N) is 1. The van der Waals surface area contributed by atoms with Crippen molar-refractivity contribution in [1.82, 2.24) is 9.55 Å². The number of benzene rings is 2. The van der Waals surface area contributed by atoms with Gasteiger partial charge in [-0.2, -0.15) is 0 Å². The van der Waals surface area contributed by atoms with Gasteiger partial charge < -0.3 is 10.2 Å². The second-order valence-electron chi connectivity index (χ2n) is 7.01. The summed E-state index contributed by atoms with van der Waals surface area (Å²) in [5.74, 6) is -0.330. The van der Waals surface area contributed by atoms with E-state index in [1.807, 2.05) is 13.0 Å². The van der Waals surface area contributed by atoms with Crippen LogP contribution in [-0.2, 0) is 16.1 Å². The summed E-state index contributed by atoms with van der Waals surface area (Å²) in [6.07, 6.45) is 2.71. The molecule has 0 saturated carbocycles. The summed E-state index contributed by atoms with van der Waals surface area (Å²) in [6, 6.07) is 10.4. The molecule has 0 radical (unpaired) electrons. The van der Waals surface area contributed by atoms with Crippen LogP contribution in [0.4, 0.5) is 11.4 Å². The molecule has 1 aliphatic rings. The maximum atomic E-state index is 12.6. The van der Waals surface area contributed by atoms with Gasteiger partial charge in [0.2, 0.25) is 11.8 Å². The molecule has 0 bridgehead atoms. The first-order valence-electron chi connectivity index (χ1n) is 9.28. The van der Waals surface area contributed by atoms with E-state index >= 15 is 0 Å². The molecule has 0 unspecified atom stereocenters. The van der Waals surface area contributed by atoms with Gasteiger partial charge in [0, 0.05) is 18.7 Å². The normalized spacial score (nSPS) is 13.9. The van der Waals surface area contributed by atoms with Crippen molar-refractivity contribution in [3.8, 4) is 0 Å². The van der Waals surface area contributed by atoms with Gasteiger partial charge in [0.15, 0.2) is 0 Å². The molecule has 2 aromatic carbocycles. The molecule has 4 rings (SSSR count). The maximum absolute atomic E-state index is 12.6. The molecule has 29 heavy (non-hydrogen) atoms. The number of carbonyl (C=O) groups excluding carboxylic acids is 2. The average Bonchev–Trinajstić information content (AvgIpc) is 3.10. The number of rotatable bonds is 4. The van der Waals surface area contributed by atoms with E-state index in [0.29, 0.717) is 40.3 Å². The molecule has 148 valence electrons. The number of fused-ring (bicyclic) bond motifs is 1. The molecule has 7 nitrogen and oxygen atoms in total. The molecule has 8 heteroatoms. The van der Waals surface area contributed by atoms with Gasteiger partial charge in [0.1, 0.15) is 6.54 Å². The summed E-state index contributed by atoms with van der Waals surface area (Å²) < 4.78 is 1.27. The quantitative estimate of drug-likeness (QED) is 0.716. The molecule has 1 fully saturated rings. The highest BCUT2D eigenvalue weighted by Crippen LogP contribution is 2.31. The Labute approximate surface area is 171 Å². The number of amides is 2. The summed E-state index contributed by atoms with van der Waals surface area (Å²) in [5.41, 5.74) is 2.40. The number of para-hydroxylation sites is 1. The number of hydrogen-bond donors (Lipinski definition) is 1. The Morgan fingerprint density at radius 3 is 2.79 bits per heavy atom. The molecule has 1 aromatic heterocycles. The van der Waals surface area contributed by atoms with Crippen LogP contribution in [0.1, 0.15) is 18.4 Å². The van der Waals surface area contributed by atoms with E-state index in [9.17, 15) is 14.4 Å². The number of anilines is 2.